The normalized spacial score (nSPS) is 13.0. The van der Waals surface area contributed by atoms with Crippen LogP contribution in [0.1, 0.15) is 26.3 Å². The van der Waals surface area contributed by atoms with Crippen LogP contribution in [0.4, 0.5) is 0 Å². The Bertz CT molecular complexity index is 568. The standard InChI is InChI=1S/C19H27NO5/c1-6-11-24-14(4)19(22)25-17(13(2)3)18(21)20-12-15-7-9-16(23-5)10-8-15/h6-10,13-14,17H,1,11-12H2,2-5H3,(H,20,21). The number of rotatable bonds is 10. The molecule has 138 valence electrons. The van der Waals surface area contributed by atoms with Crippen molar-refractivity contribution in [3.8, 4) is 5.75 Å². The minimum absolute atomic E-state index is 0.161. The molecule has 6 nitrogen and oxygen atoms in total. The Labute approximate surface area is 149 Å². The van der Waals surface area contributed by atoms with Crippen molar-refractivity contribution in [3.63, 3.8) is 0 Å². The van der Waals surface area contributed by atoms with Crippen molar-refractivity contribution in [2.45, 2.75) is 39.5 Å². The first-order valence-corrected chi connectivity index (χ1v) is 8.22. The first kappa shape index (κ1) is 20.7. The summed E-state index contributed by atoms with van der Waals surface area (Å²) in [4.78, 5) is 24.4. The lowest BCUT2D eigenvalue weighted by atomic mass is 10.1. The predicted octanol–water partition coefficient (Wildman–Crippen LogP) is 2.47. The first-order valence-electron chi connectivity index (χ1n) is 8.22. The molecule has 1 rings (SSSR count). The lowest BCUT2D eigenvalue weighted by Gasteiger charge is -2.22. The molecule has 25 heavy (non-hydrogen) atoms. The molecule has 0 fully saturated rings. The molecule has 0 bridgehead atoms. The number of ether oxygens (including phenoxy) is 3. The van der Waals surface area contributed by atoms with Crippen LogP contribution in [0.3, 0.4) is 0 Å². The van der Waals surface area contributed by atoms with Gasteiger partial charge in [-0.1, -0.05) is 32.1 Å². The minimum Gasteiger partial charge on any atom is -0.497 e. The molecule has 1 amide bonds. The van der Waals surface area contributed by atoms with Crippen molar-refractivity contribution in [2.75, 3.05) is 13.7 Å². The largest absolute Gasteiger partial charge is 0.497 e. The number of benzene rings is 1. The highest BCUT2D eigenvalue weighted by atomic mass is 16.6. The zero-order chi connectivity index (χ0) is 18.8. The summed E-state index contributed by atoms with van der Waals surface area (Å²) in [7, 11) is 1.60. The van der Waals surface area contributed by atoms with Crippen LogP contribution in [0, 0.1) is 5.92 Å². The zero-order valence-corrected chi connectivity index (χ0v) is 15.3. The van der Waals surface area contributed by atoms with Gasteiger partial charge in [-0.25, -0.2) is 4.79 Å². The van der Waals surface area contributed by atoms with Crippen molar-refractivity contribution in [3.05, 3.63) is 42.5 Å². The molecule has 0 aliphatic rings. The Kier molecular flexibility index (Phi) is 8.70. The van der Waals surface area contributed by atoms with Gasteiger partial charge in [0.2, 0.25) is 0 Å². The van der Waals surface area contributed by atoms with Gasteiger partial charge in [0.25, 0.3) is 5.91 Å². The van der Waals surface area contributed by atoms with Gasteiger partial charge in [0, 0.05) is 6.54 Å². The van der Waals surface area contributed by atoms with Crippen LogP contribution >= 0.6 is 0 Å². The van der Waals surface area contributed by atoms with Crippen LogP contribution in [-0.2, 0) is 25.6 Å². The third-order valence-corrected chi connectivity index (χ3v) is 3.53. The van der Waals surface area contributed by atoms with Gasteiger partial charge >= 0.3 is 5.97 Å². The van der Waals surface area contributed by atoms with E-state index in [1.807, 2.05) is 38.1 Å². The van der Waals surface area contributed by atoms with Gasteiger partial charge < -0.3 is 19.5 Å². The highest BCUT2D eigenvalue weighted by Gasteiger charge is 2.28. The quantitative estimate of drug-likeness (QED) is 0.519. The van der Waals surface area contributed by atoms with E-state index in [0.717, 1.165) is 11.3 Å². The molecule has 1 aromatic carbocycles. The minimum atomic E-state index is -0.875. The van der Waals surface area contributed by atoms with E-state index < -0.39 is 18.2 Å². The second-order valence-corrected chi connectivity index (χ2v) is 5.93. The van der Waals surface area contributed by atoms with E-state index in [1.165, 1.54) is 0 Å². The molecule has 0 radical (unpaired) electrons. The van der Waals surface area contributed by atoms with E-state index in [-0.39, 0.29) is 18.4 Å². The fraction of sp³-hybridized carbons (Fsp3) is 0.474. The van der Waals surface area contributed by atoms with Crippen LogP contribution in [0.2, 0.25) is 0 Å². The molecule has 0 aliphatic heterocycles. The predicted molar refractivity (Wildman–Crippen MR) is 95.2 cm³/mol. The highest BCUT2D eigenvalue weighted by Crippen LogP contribution is 2.12. The van der Waals surface area contributed by atoms with Gasteiger partial charge in [0.05, 0.1) is 13.7 Å². The summed E-state index contributed by atoms with van der Waals surface area (Å²) in [6.07, 6.45) is -0.0835. The Morgan fingerprint density at radius 3 is 2.36 bits per heavy atom. The van der Waals surface area contributed by atoms with Crippen LogP contribution in [0.25, 0.3) is 0 Å². The Morgan fingerprint density at radius 2 is 1.84 bits per heavy atom. The summed E-state index contributed by atoms with van der Waals surface area (Å²) in [5.41, 5.74) is 0.922. The number of hydrogen-bond donors (Lipinski definition) is 1. The van der Waals surface area contributed by atoms with Crippen molar-refractivity contribution in [1.29, 1.82) is 0 Å². The third-order valence-electron chi connectivity index (χ3n) is 3.53. The average Bonchev–Trinajstić information content (AvgIpc) is 2.61. The molecule has 2 unspecified atom stereocenters. The maximum atomic E-state index is 12.4. The van der Waals surface area contributed by atoms with Crippen LogP contribution < -0.4 is 10.1 Å². The monoisotopic (exact) mass is 349 g/mol. The van der Waals surface area contributed by atoms with E-state index in [4.69, 9.17) is 14.2 Å². The molecule has 0 saturated carbocycles. The second-order valence-electron chi connectivity index (χ2n) is 5.93. The molecular weight excluding hydrogens is 322 g/mol. The van der Waals surface area contributed by atoms with Crippen LogP contribution in [-0.4, -0.2) is 37.8 Å². The Hall–Kier alpha value is -2.34. The molecule has 1 N–H and O–H groups in total. The average molecular weight is 349 g/mol. The summed E-state index contributed by atoms with van der Waals surface area (Å²) in [6.45, 7) is 9.33. The lowest BCUT2D eigenvalue weighted by Crippen LogP contribution is -2.42. The number of esters is 1. The number of carbonyl (C=O) groups is 2. The van der Waals surface area contributed by atoms with Gasteiger partial charge in [-0.05, 0) is 30.5 Å². The number of carbonyl (C=O) groups excluding carboxylic acids is 2. The van der Waals surface area contributed by atoms with E-state index in [1.54, 1.807) is 20.1 Å². The van der Waals surface area contributed by atoms with Crippen LogP contribution in [0.5, 0.6) is 5.75 Å². The molecule has 0 spiro atoms. The fourth-order valence-corrected chi connectivity index (χ4v) is 2.03. The number of amides is 1. The molecule has 1 aromatic rings. The van der Waals surface area contributed by atoms with E-state index in [9.17, 15) is 9.59 Å². The van der Waals surface area contributed by atoms with Gasteiger partial charge in [-0.3, -0.25) is 4.79 Å². The summed E-state index contributed by atoms with van der Waals surface area (Å²) < 4.78 is 15.7. The Morgan fingerprint density at radius 1 is 1.20 bits per heavy atom. The summed E-state index contributed by atoms with van der Waals surface area (Å²) in [5.74, 6) is -0.320. The second kappa shape index (κ2) is 10.5. The highest BCUT2D eigenvalue weighted by molar-refractivity contribution is 5.85. The molecule has 0 saturated heterocycles. The molecule has 0 aromatic heterocycles. The molecule has 6 heteroatoms. The summed E-state index contributed by atoms with van der Waals surface area (Å²) in [6, 6.07) is 7.36. The van der Waals surface area contributed by atoms with Crippen molar-refractivity contribution in [1.82, 2.24) is 5.32 Å². The topological polar surface area (TPSA) is 73.9 Å². The number of nitrogens with one attached hydrogen (secondary N) is 1. The van der Waals surface area contributed by atoms with E-state index in [0.29, 0.717) is 6.54 Å². The van der Waals surface area contributed by atoms with Gasteiger partial charge in [-0.2, -0.15) is 0 Å². The van der Waals surface area contributed by atoms with Crippen molar-refractivity contribution < 1.29 is 23.8 Å². The van der Waals surface area contributed by atoms with E-state index >= 15 is 0 Å². The first-order chi connectivity index (χ1) is 11.9. The maximum Gasteiger partial charge on any atom is 0.335 e. The fourth-order valence-electron chi connectivity index (χ4n) is 2.03. The number of hydrogen-bond acceptors (Lipinski definition) is 5. The maximum absolute atomic E-state index is 12.4. The van der Waals surface area contributed by atoms with Crippen molar-refractivity contribution in [2.24, 2.45) is 5.92 Å². The summed E-state index contributed by atoms with van der Waals surface area (Å²) >= 11 is 0. The lowest BCUT2D eigenvalue weighted by molar-refractivity contribution is -0.168. The van der Waals surface area contributed by atoms with Crippen LogP contribution in [0.15, 0.2) is 36.9 Å². The summed E-state index contributed by atoms with van der Waals surface area (Å²) in [5, 5.41) is 2.79. The zero-order valence-electron chi connectivity index (χ0n) is 15.3. The third kappa shape index (κ3) is 6.97. The molecular formula is C19H27NO5. The molecule has 0 aliphatic carbocycles. The van der Waals surface area contributed by atoms with E-state index in [2.05, 4.69) is 11.9 Å². The SMILES string of the molecule is C=CCOC(C)C(=O)OC(C(=O)NCc1ccc(OC)cc1)C(C)C. The van der Waals surface area contributed by atoms with Gasteiger partial charge in [0.1, 0.15) is 5.75 Å². The van der Waals surface area contributed by atoms with Gasteiger partial charge in [0.15, 0.2) is 12.2 Å². The molecule has 2 atom stereocenters. The van der Waals surface area contributed by atoms with Gasteiger partial charge in [-0.15, -0.1) is 6.58 Å². The number of methoxy groups -OCH3 is 1. The molecule has 0 heterocycles. The smallest absolute Gasteiger partial charge is 0.335 e. The Balaban J connectivity index is 2.60. The van der Waals surface area contributed by atoms with Crippen molar-refractivity contribution >= 4 is 11.9 Å².